The quantitative estimate of drug-likeness (QED) is 0.290. The minimum absolute atomic E-state index is 0.107. The molecule has 0 amide bonds. The van der Waals surface area contributed by atoms with Crippen LogP contribution >= 0.6 is 0 Å². The molecule has 8 nitrogen and oxygen atoms in total. The Morgan fingerprint density at radius 1 is 1.12 bits per heavy atom. The molecule has 33 heavy (non-hydrogen) atoms. The molecule has 0 aromatic carbocycles. The third-order valence-electron chi connectivity index (χ3n) is 5.58. The first-order valence-corrected chi connectivity index (χ1v) is 10.8. The number of aromatic nitrogens is 5. The number of ether oxygens (including phenoxy) is 1. The number of nitrogens with one attached hydrogen (secondary N) is 2. The number of carbonyl (C=O) groups excluding carboxylic acids is 1. The van der Waals surface area contributed by atoms with Crippen LogP contribution in [-0.2, 0) is 6.42 Å². The van der Waals surface area contributed by atoms with Gasteiger partial charge in [0.2, 0.25) is 11.8 Å². The Morgan fingerprint density at radius 2 is 1.94 bits per heavy atom. The Labute approximate surface area is 190 Å². The van der Waals surface area contributed by atoms with E-state index in [2.05, 4.69) is 44.1 Å². The van der Waals surface area contributed by atoms with Crippen LogP contribution in [0.4, 0.5) is 10.2 Å². The zero-order valence-electron chi connectivity index (χ0n) is 18.7. The molecule has 0 saturated carbocycles. The second kappa shape index (κ2) is 9.72. The minimum Gasteiger partial charge on any atom is -0.481 e. The van der Waals surface area contributed by atoms with E-state index >= 15 is 0 Å². The van der Waals surface area contributed by atoms with Crippen LogP contribution in [0.5, 0.6) is 5.88 Å². The summed E-state index contributed by atoms with van der Waals surface area (Å²) in [7, 11) is 1.54. The predicted octanol–water partition coefficient (Wildman–Crippen LogP) is 4.32. The maximum atomic E-state index is 14.9. The summed E-state index contributed by atoms with van der Waals surface area (Å²) < 4.78 is 20.0. The number of halogens is 1. The lowest BCUT2D eigenvalue weighted by Crippen LogP contribution is -2.18. The number of pyridine rings is 2. The number of methoxy groups -OCH3 is 1. The number of ketones is 1. The Hall–Kier alpha value is -3.88. The summed E-state index contributed by atoms with van der Waals surface area (Å²) in [6.45, 7) is 4.15. The van der Waals surface area contributed by atoms with Crippen LogP contribution in [0.25, 0.3) is 11.0 Å². The van der Waals surface area contributed by atoms with Gasteiger partial charge in [0, 0.05) is 36.6 Å². The minimum atomic E-state index is -0.820. The van der Waals surface area contributed by atoms with Crippen LogP contribution in [-0.4, -0.2) is 43.9 Å². The van der Waals surface area contributed by atoms with Gasteiger partial charge in [0.15, 0.2) is 5.78 Å². The summed E-state index contributed by atoms with van der Waals surface area (Å²) in [5.41, 5.74) is 2.05. The molecular formula is C24H25FN6O2. The Morgan fingerprint density at radius 3 is 2.61 bits per heavy atom. The van der Waals surface area contributed by atoms with Gasteiger partial charge < -0.3 is 15.0 Å². The molecule has 4 rings (SSSR count). The summed E-state index contributed by atoms with van der Waals surface area (Å²) in [5, 5.41) is 3.91. The van der Waals surface area contributed by atoms with Crippen molar-refractivity contribution in [1.29, 1.82) is 0 Å². The SMILES string of the molecule is CCC(CC)Nc1ncnc2[nH]cc(C(=O)c3ccc(Cc4ccc(OC)nc4)nc3F)c12. The maximum absolute atomic E-state index is 14.9. The van der Waals surface area contributed by atoms with Gasteiger partial charge in [0.1, 0.15) is 17.8 Å². The van der Waals surface area contributed by atoms with E-state index in [0.29, 0.717) is 40.4 Å². The molecule has 170 valence electrons. The number of H-pyrrole nitrogens is 1. The molecule has 4 aromatic heterocycles. The van der Waals surface area contributed by atoms with Crippen LogP contribution in [0.3, 0.4) is 0 Å². The molecule has 4 aromatic rings. The number of hydrogen-bond donors (Lipinski definition) is 2. The highest BCUT2D eigenvalue weighted by molar-refractivity contribution is 6.18. The zero-order valence-corrected chi connectivity index (χ0v) is 18.7. The molecule has 0 saturated heterocycles. The van der Waals surface area contributed by atoms with Crippen molar-refractivity contribution < 1.29 is 13.9 Å². The number of rotatable bonds is 9. The van der Waals surface area contributed by atoms with Crippen LogP contribution in [0, 0.1) is 5.95 Å². The second-order valence-electron chi connectivity index (χ2n) is 7.66. The molecule has 2 N–H and O–H groups in total. The van der Waals surface area contributed by atoms with Crippen LogP contribution in [0.15, 0.2) is 43.0 Å². The lowest BCUT2D eigenvalue weighted by Gasteiger charge is -2.16. The molecule has 0 bridgehead atoms. The van der Waals surface area contributed by atoms with E-state index in [1.807, 2.05) is 6.07 Å². The average Bonchev–Trinajstić information content (AvgIpc) is 3.28. The summed E-state index contributed by atoms with van der Waals surface area (Å²) in [6, 6.07) is 6.88. The van der Waals surface area contributed by atoms with Crippen molar-refractivity contribution in [1.82, 2.24) is 24.9 Å². The van der Waals surface area contributed by atoms with E-state index in [4.69, 9.17) is 4.74 Å². The molecule has 0 fully saturated rings. The number of nitrogens with zero attached hydrogens (tertiary/aromatic N) is 4. The Kier molecular flexibility index (Phi) is 6.58. The van der Waals surface area contributed by atoms with Crippen molar-refractivity contribution in [2.45, 2.75) is 39.2 Å². The highest BCUT2D eigenvalue weighted by Gasteiger charge is 2.22. The van der Waals surface area contributed by atoms with Crippen LogP contribution in [0.1, 0.15) is 53.9 Å². The highest BCUT2D eigenvalue weighted by Crippen LogP contribution is 2.27. The van der Waals surface area contributed by atoms with Gasteiger partial charge >= 0.3 is 0 Å². The van der Waals surface area contributed by atoms with Crippen molar-refractivity contribution in [2.75, 3.05) is 12.4 Å². The first kappa shape index (κ1) is 22.3. The summed E-state index contributed by atoms with van der Waals surface area (Å²) in [6.07, 6.45) is 6.81. The van der Waals surface area contributed by atoms with E-state index in [1.54, 1.807) is 25.4 Å². The van der Waals surface area contributed by atoms with Crippen molar-refractivity contribution in [3.63, 3.8) is 0 Å². The zero-order chi connectivity index (χ0) is 23.4. The summed E-state index contributed by atoms with van der Waals surface area (Å²) in [5.74, 6) is -0.249. The largest absolute Gasteiger partial charge is 0.481 e. The Bertz CT molecular complexity index is 1270. The van der Waals surface area contributed by atoms with Gasteiger partial charge in [0.05, 0.1) is 23.6 Å². The Balaban J connectivity index is 1.62. The second-order valence-corrected chi connectivity index (χ2v) is 7.66. The van der Waals surface area contributed by atoms with E-state index in [9.17, 15) is 9.18 Å². The van der Waals surface area contributed by atoms with E-state index in [0.717, 1.165) is 18.4 Å². The molecule has 0 aliphatic heterocycles. The topological polar surface area (TPSA) is 106 Å². The van der Waals surface area contributed by atoms with Crippen LogP contribution < -0.4 is 10.1 Å². The van der Waals surface area contributed by atoms with Gasteiger partial charge in [-0.1, -0.05) is 19.9 Å². The molecular weight excluding hydrogens is 423 g/mol. The third kappa shape index (κ3) is 4.67. The molecule has 4 heterocycles. The average molecular weight is 449 g/mol. The van der Waals surface area contributed by atoms with Crippen molar-refractivity contribution in [3.05, 3.63) is 71.3 Å². The molecule has 9 heteroatoms. The molecule has 0 aliphatic carbocycles. The highest BCUT2D eigenvalue weighted by atomic mass is 19.1. The van der Waals surface area contributed by atoms with Gasteiger partial charge in [-0.3, -0.25) is 4.79 Å². The monoisotopic (exact) mass is 448 g/mol. The first-order chi connectivity index (χ1) is 16.0. The normalized spacial score (nSPS) is 11.2. The fraction of sp³-hybridized carbons (Fsp3) is 0.292. The fourth-order valence-electron chi connectivity index (χ4n) is 3.67. The van der Waals surface area contributed by atoms with Crippen molar-refractivity contribution in [3.8, 4) is 5.88 Å². The summed E-state index contributed by atoms with van der Waals surface area (Å²) >= 11 is 0. The van der Waals surface area contributed by atoms with Crippen LogP contribution in [0.2, 0.25) is 0 Å². The first-order valence-electron chi connectivity index (χ1n) is 10.8. The van der Waals surface area contributed by atoms with Gasteiger partial charge in [-0.15, -0.1) is 0 Å². The van der Waals surface area contributed by atoms with Gasteiger partial charge in [0.25, 0.3) is 0 Å². The number of hydrogen-bond acceptors (Lipinski definition) is 7. The standard InChI is InChI=1S/C24H25FN6O2/c1-4-15(5-2)31-24-20-18(12-27-23(20)28-13-29-24)21(32)17-8-7-16(30-22(17)25)10-14-6-9-19(33-3)26-11-14/h6-9,11-13,15H,4-5,10H2,1-3H3,(H2,27,28,29,31). The maximum Gasteiger partial charge on any atom is 0.224 e. The van der Waals surface area contributed by atoms with E-state index in [-0.39, 0.29) is 11.6 Å². The molecule has 0 aliphatic rings. The van der Waals surface area contributed by atoms with Gasteiger partial charge in [-0.25, -0.2) is 19.9 Å². The lowest BCUT2D eigenvalue weighted by molar-refractivity contribution is 0.103. The van der Waals surface area contributed by atoms with Crippen molar-refractivity contribution in [2.24, 2.45) is 0 Å². The number of carbonyl (C=O) groups is 1. The molecule has 0 atom stereocenters. The summed E-state index contributed by atoms with van der Waals surface area (Å²) in [4.78, 5) is 32.9. The van der Waals surface area contributed by atoms with E-state index < -0.39 is 11.7 Å². The molecule has 0 spiro atoms. The third-order valence-corrected chi connectivity index (χ3v) is 5.58. The number of aromatic amines is 1. The lowest BCUT2D eigenvalue weighted by atomic mass is 10.0. The predicted molar refractivity (Wildman–Crippen MR) is 123 cm³/mol. The van der Waals surface area contributed by atoms with Crippen molar-refractivity contribution >= 4 is 22.6 Å². The van der Waals surface area contributed by atoms with Gasteiger partial charge in [-0.05, 0) is 30.5 Å². The molecule has 0 unspecified atom stereocenters. The smallest absolute Gasteiger partial charge is 0.224 e. The number of fused-ring (bicyclic) bond motifs is 1. The van der Waals surface area contributed by atoms with Gasteiger partial charge in [-0.2, -0.15) is 4.39 Å². The van der Waals surface area contributed by atoms with E-state index in [1.165, 1.54) is 18.6 Å². The molecule has 0 radical (unpaired) electrons. The number of anilines is 1. The fourth-order valence-corrected chi connectivity index (χ4v) is 3.67.